The Bertz CT molecular complexity index is 1980. The first-order valence-corrected chi connectivity index (χ1v) is 17.3. The van der Waals surface area contributed by atoms with Crippen LogP contribution in [0, 0.1) is 20.8 Å². The normalized spacial score (nSPS) is 25.3. The number of aliphatic hydroxyl groups is 4. The number of aliphatic hydroxyl groups excluding tert-OH is 4. The molecule has 3 aliphatic rings. The monoisotopic (exact) mass is 688 g/mol. The van der Waals surface area contributed by atoms with Gasteiger partial charge in [-0.15, -0.1) is 0 Å². The second-order valence-electron chi connectivity index (χ2n) is 13.7. The lowest BCUT2D eigenvalue weighted by molar-refractivity contribution is -0.304. The van der Waals surface area contributed by atoms with E-state index >= 15 is 0 Å². The van der Waals surface area contributed by atoms with Gasteiger partial charge in [0.05, 0.1) is 31.7 Å². The standard InChI is InChI=1S/C38H48N4O8/c1-8-22-18(3)28-14-31-24(16-49-38-37(47)36(46)35(45)32(15-43)50-38)20(5)27(41-31)13-29-19(4)23(9-10-33(44)48-7)34(42-29)21(6)26-11-17(2)25(39-26)12-30(22)40-28/h11-14,19,23,32,35-39,41,43,45-47H,8-10,15-16H2,1-7H3/t19-,23-,32+,35+,36-,37+,38+/m0/s1. The summed E-state index contributed by atoms with van der Waals surface area (Å²) in [6.45, 7) is 11.9. The van der Waals surface area contributed by atoms with E-state index in [9.17, 15) is 25.2 Å². The molecule has 0 saturated carbocycles. The highest BCUT2D eigenvalue weighted by molar-refractivity contribution is 5.92. The van der Waals surface area contributed by atoms with Crippen LogP contribution in [0.4, 0.5) is 0 Å². The van der Waals surface area contributed by atoms with Gasteiger partial charge in [-0.3, -0.25) is 9.78 Å². The molecule has 0 radical (unpaired) electrons. The van der Waals surface area contributed by atoms with Gasteiger partial charge in [-0.1, -0.05) is 13.8 Å². The molecule has 3 aliphatic heterocycles. The minimum absolute atomic E-state index is 0.000407. The van der Waals surface area contributed by atoms with E-state index < -0.39 is 37.3 Å². The number of carbonyl (C=O) groups excluding carboxylic acids is 1. The summed E-state index contributed by atoms with van der Waals surface area (Å²) in [5.74, 6) is -0.277. The number of H-pyrrole nitrogens is 2. The zero-order valence-corrected chi connectivity index (χ0v) is 29.7. The number of carbonyl (C=O) groups is 1. The Labute approximate surface area is 291 Å². The molecular weight excluding hydrogens is 640 g/mol. The number of nitrogens with one attached hydrogen (secondary N) is 2. The number of methoxy groups -OCH3 is 1. The highest BCUT2D eigenvalue weighted by atomic mass is 16.7. The van der Waals surface area contributed by atoms with Crippen LogP contribution in [0.2, 0.25) is 0 Å². The van der Waals surface area contributed by atoms with Crippen molar-refractivity contribution in [1.29, 1.82) is 0 Å². The summed E-state index contributed by atoms with van der Waals surface area (Å²) in [5, 5.41) is 41.0. The smallest absolute Gasteiger partial charge is 0.305 e. The molecule has 3 aromatic rings. The molecule has 6 heterocycles. The molecule has 7 atom stereocenters. The SMILES string of the molecule is CCC1=C(C)c2cc3[nH]c(cc4nc(c(C)c5cc(C)c(cc1n2)[nH]5)[C@@H](CCC(=O)OC)[C@@H]4C)c(C)c3CO[C@@H]1O[C@H](CO)[C@@H](O)[C@H](O)[C@H]1O. The van der Waals surface area contributed by atoms with Crippen molar-refractivity contribution in [3.05, 3.63) is 69.3 Å². The molecule has 6 rings (SSSR count). The average Bonchev–Trinajstić information content (AvgIpc) is 3.80. The number of fused-ring (bicyclic) bond motifs is 8. The van der Waals surface area contributed by atoms with Crippen LogP contribution in [0.5, 0.6) is 0 Å². The third kappa shape index (κ3) is 6.52. The van der Waals surface area contributed by atoms with Crippen LogP contribution < -0.4 is 0 Å². The number of aromatic amines is 2. The van der Waals surface area contributed by atoms with Gasteiger partial charge in [0.25, 0.3) is 0 Å². The fraction of sp³-hybridized carbons (Fsp3) is 0.500. The maximum absolute atomic E-state index is 12.2. The number of aryl methyl sites for hydroxylation is 3. The van der Waals surface area contributed by atoms with Gasteiger partial charge in [0, 0.05) is 57.3 Å². The quantitative estimate of drug-likeness (QED) is 0.181. The van der Waals surface area contributed by atoms with Crippen molar-refractivity contribution in [2.45, 2.75) is 110 Å². The van der Waals surface area contributed by atoms with Crippen LogP contribution in [-0.4, -0.2) is 90.8 Å². The Morgan fingerprint density at radius 3 is 2.30 bits per heavy atom. The lowest BCUT2D eigenvalue weighted by Gasteiger charge is -2.39. The molecule has 0 aromatic carbocycles. The number of esters is 1. The van der Waals surface area contributed by atoms with E-state index in [-0.39, 0.29) is 30.8 Å². The van der Waals surface area contributed by atoms with E-state index in [4.69, 9.17) is 24.2 Å². The van der Waals surface area contributed by atoms with E-state index in [2.05, 4.69) is 56.7 Å². The number of rotatable bonds is 8. The highest BCUT2D eigenvalue weighted by Crippen LogP contribution is 2.42. The molecule has 50 heavy (non-hydrogen) atoms. The third-order valence-electron chi connectivity index (χ3n) is 10.7. The molecule has 12 heteroatoms. The van der Waals surface area contributed by atoms with Gasteiger partial charge < -0.3 is 44.6 Å². The van der Waals surface area contributed by atoms with Crippen LogP contribution in [0.25, 0.3) is 33.2 Å². The predicted molar refractivity (Wildman–Crippen MR) is 189 cm³/mol. The molecule has 1 fully saturated rings. The van der Waals surface area contributed by atoms with Gasteiger partial charge in [0.15, 0.2) is 6.29 Å². The Hall–Kier alpha value is -3.91. The van der Waals surface area contributed by atoms with Gasteiger partial charge >= 0.3 is 5.97 Å². The van der Waals surface area contributed by atoms with Crippen molar-refractivity contribution in [2.24, 2.45) is 0 Å². The number of allylic oxidation sites excluding steroid dienone is 2. The van der Waals surface area contributed by atoms with Crippen molar-refractivity contribution in [2.75, 3.05) is 13.7 Å². The van der Waals surface area contributed by atoms with Gasteiger partial charge in [-0.25, -0.2) is 4.98 Å². The summed E-state index contributed by atoms with van der Waals surface area (Å²) < 4.78 is 16.7. The lowest BCUT2D eigenvalue weighted by Crippen LogP contribution is -2.59. The van der Waals surface area contributed by atoms with Crippen LogP contribution in [0.15, 0.2) is 24.3 Å². The van der Waals surface area contributed by atoms with E-state index in [1.54, 1.807) is 0 Å². The zero-order chi connectivity index (χ0) is 36.0. The first-order chi connectivity index (χ1) is 23.9. The first kappa shape index (κ1) is 35.9. The largest absolute Gasteiger partial charge is 0.469 e. The first-order valence-electron chi connectivity index (χ1n) is 17.3. The summed E-state index contributed by atoms with van der Waals surface area (Å²) in [5.41, 5.74) is 12.9. The van der Waals surface area contributed by atoms with Gasteiger partial charge in [-0.2, -0.15) is 0 Å². The molecule has 0 amide bonds. The van der Waals surface area contributed by atoms with Crippen LogP contribution >= 0.6 is 0 Å². The van der Waals surface area contributed by atoms with Gasteiger partial charge in [0.2, 0.25) is 0 Å². The molecule has 0 aliphatic carbocycles. The van der Waals surface area contributed by atoms with Gasteiger partial charge in [-0.05, 0) is 92.6 Å². The molecule has 6 N–H and O–H groups in total. The Kier molecular flexibility index (Phi) is 10.3. The fourth-order valence-corrected chi connectivity index (χ4v) is 7.38. The summed E-state index contributed by atoms with van der Waals surface area (Å²) in [6, 6.07) is 8.27. The Balaban J connectivity index is 1.56. The van der Waals surface area contributed by atoms with Crippen LogP contribution in [0.3, 0.4) is 0 Å². The number of hydrogen-bond donors (Lipinski definition) is 6. The molecular formula is C38H48N4O8. The zero-order valence-electron chi connectivity index (χ0n) is 29.7. The Morgan fingerprint density at radius 2 is 1.60 bits per heavy atom. The number of hydrogen-bond acceptors (Lipinski definition) is 10. The third-order valence-corrected chi connectivity index (χ3v) is 10.7. The molecule has 12 nitrogen and oxygen atoms in total. The summed E-state index contributed by atoms with van der Waals surface area (Å²) in [6.07, 6.45) is -5.27. The minimum Gasteiger partial charge on any atom is -0.469 e. The molecule has 0 unspecified atom stereocenters. The van der Waals surface area contributed by atoms with Crippen molar-refractivity contribution in [3.63, 3.8) is 0 Å². The number of ether oxygens (including phenoxy) is 3. The number of nitrogens with zero attached hydrogens (tertiary/aromatic N) is 2. The highest BCUT2D eigenvalue weighted by Gasteiger charge is 2.44. The lowest BCUT2D eigenvalue weighted by atomic mass is 9.86. The molecule has 0 spiro atoms. The molecule has 3 aromatic heterocycles. The summed E-state index contributed by atoms with van der Waals surface area (Å²) >= 11 is 0. The molecule has 8 bridgehead atoms. The maximum atomic E-state index is 12.2. The van der Waals surface area contributed by atoms with E-state index in [0.717, 1.165) is 84.7 Å². The fourth-order valence-electron chi connectivity index (χ4n) is 7.38. The van der Waals surface area contributed by atoms with E-state index in [1.807, 2.05) is 19.1 Å². The van der Waals surface area contributed by atoms with Crippen molar-refractivity contribution in [3.8, 4) is 0 Å². The van der Waals surface area contributed by atoms with Crippen LogP contribution in [0.1, 0.15) is 96.9 Å². The van der Waals surface area contributed by atoms with Crippen molar-refractivity contribution < 1.29 is 39.4 Å². The van der Waals surface area contributed by atoms with Crippen LogP contribution in [-0.2, 0) is 25.6 Å². The summed E-state index contributed by atoms with van der Waals surface area (Å²) in [7, 11) is 1.40. The second kappa shape index (κ2) is 14.4. The van der Waals surface area contributed by atoms with Crippen molar-refractivity contribution >= 4 is 39.2 Å². The van der Waals surface area contributed by atoms with Crippen molar-refractivity contribution in [1.82, 2.24) is 19.9 Å². The average molecular weight is 689 g/mol. The predicted octanol–water partition coefficient (Wildman–Crippen LogP) is 4.74. The van der Waals surface area contributed by atoms with E-state index in [1.165, 1.54) is 7.11 Å². The molecule has 268 valence electrons. The second-order valence-corrected chi connectivity index (χ2v) is 13.7. The number of aromatic nitrogens is 4. The van der Waals surface area contributed by atoms with Gasteiger partial charge in [0.1, 0.15) is 24.4 Å². The topological polar surface area (TPSA) is 183 Å². The Morgan fingerprint density at radius 1 is 0.900 bits per heavy atom. The summed E-state index contributed by atoms with van der Waals surface area (Å²) in [4.78, 5) is 29.7. The molecule has 1 saturated heterocycles. The maximum Gasteiger partial charge on any atom is 0.305 e. The van der Waals surface area contributed by atoms with E-state index in [0.29, 0.717) is 6.42 Å². The minimum atomic E-state index is -1.55.